The zero-order chi connectivity index (χ0) is 13.9. The number of carbonyl (C=O) groups is 1. The summed E-state index contributed by atoms with van der Waals surface area (Å²) in [6, 6.07) is 5.21. The van der Waals surface area contributed by atoms with Crippen LogP contribution in [0.5, 0.6) is 0 Å². The summed E-state index contributed by atoms with van der Waals surface area (Å²) in [4.78, 5) is 17.8. The molecule has 3 rings (SSSR count). The van der Waals surface area contributed by atoms with Crippen molar-refractivity contribution in [1.29, 1.82) is 0 Å². The van der Waals surface area contributed by atoms with E-state index in [4.69, 9.17) is 4.52 Å². The Hall–Kier alpha value is -2.21. The lowest BCUT2D eigenvalue weighted by atomic mass is 10.1. The Kier molecular flexibility index (Phi) is 3.47. The average molecular weight is 273 g/mol. The molecule has 1 fully saturated rings. The molecule has 1 aliphatic heterocycles. The number of β-amino-alcohol motifs (C(OH)–C–C–N with tert-alkyl or cyclic N) is 1. The number of amides is 1. The minimum Gasteiger partial charge on any atom is -0.391 e. The van der Waals surface area contributed by atoms with E-state index in [9.17, 15) is 9.90 Å². The van der Waals surface area contributed by atoms with Crippen LogP contribution in [0.25, 0.3) is 11.3 Å². The van der Waals surface area contributed by atoms with E-state index in [1.165, 1.54) is 0 Å². The number of carbonyl (C=O) groups excluding carboxylic acids is 1. The van der Waals surface area contributed by atoms with Crippen molar-refractivity contribution in [2.45, 2.75) is 18.9 Å². The van der Waals surface area contributed by atoms with E-state index in [-0.39, 0.29) is 11.6 Å². The first-order valence-corrected chi connectivity index (χ1v) is 6.58. The summed E-state index contributed by atoms with van der Waals surface area (Å²) in [6.07, 6.45) is 4.41. The molecule has 0 radical (unpaired) electrons. The molecule has 0 saturated carbocycles. The van der Waals surface area contributed by atoms with Gasteiger partial charge in [0, 0.05) is 37.1 Å². The maximum absolute atomic E-state index is 12.3. The molecule has 2 aromatic heterocycles. The number of hydrogen-bond donors (Lipinski definition) is 1. The second-order valence-corrected chi connectivity index (χ2v) is 4.86. The molecule has 20 heavy (non-hydrogen) atoms. The van der Waals surface area contributed by atoms with Crippen molar-refractivity contribution in [3.05, 3.63) is 36.3 Å². The maximum atomic E-state index is 12.3. The SMILES string of the molecule is O=C(c1cc(-c2ccncc2)on1)N1CCCC(O)C1. The molecular weight excluding hydrogens is 258 g/mol. The highest BCUT2D eigenvalue weighted by Crippen LogP contribution is 2.21. The topological polar surface area (TPSA) is 79.5 Å². The number of nitrogens with zero attached hydrogens (tertiary/aromatic N) is 3. The molecule has 0 aromatic carbocycles. The van der Waals surface area contributed by atoms with Gasteiger partial charge in [0.15, 0.2) is 11.5 Å². The summed E-state index contributed by atoms with van der Waals surface area (Å²) in [6.45, 7) is 1.00. The van der Waals surface area contributed by atoms with Gasteiger partial charge in [-0.05, 0) is 25.0 Å². The summed E-state index contributed by atoms with van der Waals surface area (Å²) in [7, 11) is 0. The Morgan fingerprint density at radius 3 is 2.95 bits per heavy atom. The van der Waals surface area contributed by atoms with Crippen LogP contribution in [-0.4, -0.2) is 45.2 Å². The molecule has 2 aromatic rings. The van der Waals surface area contributed by atoms with Gasteiger partial charge in [0.25, 0.3) is 5.91 Å². The minimum absolute atomic E-state index is 0.201. The fourth-order valence-corrected chi connectivity index (χ4v) is 2.33. The van der Waals surface area contributed by atoms with Gasteiger partial charge in [-0.2, -0.15) is 0 Å². The largest absolute Gasteiger partial charge is 0.391 e. The van der Waals surface area contributed by atoms with Gasteiger partial charge in [0.1, 0.15) is 0 Å². The van der Waals surface area contributed by atoms with Crippen molar-refractivity contribution in [2.75, 3.05) is 13.1 Å². The van der Waals surface area contributed by atoms with Gasteiger partial charge in [0.05, 0.1) is 6.10 Å². The van der Waals surface area contributed by atoms with Crippen LogP contribution in [0.1, 0.15) is 23.3 Å². The van der Waals surface area contributed by atoms with Gasteiger partial charge in [-0.15, -0.1) is 0 Å². The second-order valence-electron chi connectivity index (χ2n) is 4.86. The summed E-state index contributed by atoms with van der Waals surface area (Å²) in [5.41, 5.74) is 1.09. The van der Waals surface area contributed by atoms with Crippen LogP contribution in [0.15, 0.2) is 35.1 Å². The van der Waals surface area contributed by atoms with Crippen LogP contribution in [0.3, 0.4) is 0 Å². The van der Waals surface area contributed by atoms with Gasteiger partial charge in [0.2, 0.25) is 0 Å². The molecule has 0 spiro atoms. The first kappa shape index (κ1) is 12.8. The van der Waals surface area contributed by atoms with E-state index >= 15 is 0 Å². The number of hydrogen-bond acceptors (Lipinski definition) is 5. The standard InChI is InChI=1S/C14H15N3O3/c18-11-2-1-7-17(9-11)14(19)12-8-13(20-16-12)10-3-5-15-6-4-10/h3-6,8,11,18H,1-2,7,9H2. The zero-order valence-corrected chi connectivity index (χ0v) is 10.9. The second kappa shape index (κ2) is 5.42. The first-order chi connectivity index (χ1) is 9.74. The van der Waals surface area contributed by atoms with Gasteiger partial charge < -0.3 is 14.5 Å². The van der Waals surface area contributed by atoms with Crippen molar-refractivity contribution in [3.63, 3.8) is 0 Å². The fraction of sp³-hybridized carbons (Fsp3) is 0.357. The molecule has 1 amide bonds. The average Bonchev–Trinajstić information content (AvgIpc) is 2.97. The molecule has 0 bridgehead atoms. The molecule has 0 aliphatic carbocycles. The van der Waals surface area contributed by atoms with E-state index in [0.29, 0.717) is 18.8 Å². The third kappa shape index (κ3) is 2.55. The van der Waals surface area contributed by atoms with Crippen LogP contribution in [0.4, 0.5) is 0 Å². The molecule has 6 heteroatoms. The van der Waals surface area contributed by atoms with Crippen molar-refractivity contribution in [1.82, 2.24) is 15.0 Å². The van der Waals surface area contributed by atoms with Crippen LogP contribution >= 0.6 is 0 Å². The van der Waals surface area contributed by atoms with Crippen molar-refractivity contribution >= 4 is 5.91 Å². The van der Waals surface area contributed by atoms with E-state index in [1.54, 1.807) is 35.5 Å². The highest BCUT2D eigenvalue weighted by Gasteiger charge is 2.25. The first-order valence-electron chi connectivity index (χ1n) is 6.58. The number of rotatable bonds is 2. The predicted molar refractivity (Wildman–Crippen MR) is 70.9 cm³/mol. The number of aliphatic hydroxyl groups excluding tert-OH is 1. The van der Waals surface area contributed by atoms with Gasteiger partial charge in [-0.25, -0.2) is 0 Å². The molecule has 104 valence electrons. The third-order valence-electron chi connectivity index (χ3n) is 3.38. The Morgan fingerprint density at radius 2 is 2.20 bits per heavy atom. The lowest BCUT2D eigenvalue weighted by molar-refractivity contribution is 0.0465. The number of aliphatic hydroxyl groups is 1. The van der Waals surface area contributed by atoms with Crippen LogP contribution in [0, 0.1) is 0 Å². The molecular formula is C14H15N3O3. The van der Waals surface area contributed by atoms with Gasteiger partial charge in [-0.3, -0.25) is 9.78 Å². The molecule has 3 heterocycles. The lowest BCUT2D eigenvalue weighted by Crippen LogP contribution is -2.42. The van der Waals surface area contributed by atoms with E-state index in [1.807, 2.05) is 0 Å². The highest BCUT2D eigenvalue weighted by molar-refractivity contribution is 5.93. The van der Waals surface area contributed by atoms with Gasteiger partial charge >= 0.3 is 0 Å². The quantitative estimate of drug-likeness (QED) is 0.893. The monoisotopic (exact) mass is 273 g/mol. The van der Waals surface area contributed by atoms with E-state index < -0.39 is 6.10 Å². The highest BCUT2D eigenvalue weighted by atomic mass is 16.5. The van der Waals surface area contributed by atoms with Crippen LogP contribution < -0.4 is 0 Å². The zero-order valence-electron chi connectivity index (χ0n) is 10.9. The smallest absolute Gasteiger partial charge is 0.276 e. The van der Waals surface area contributed by atoms with Crippen LogP contribution in [0.2, 0.25) is 0 Å². The Bertz CT molecular complexity index is 597. The van der Waals surface area contributed by atoms with Crippen molar-refractivity contribution < 1.29 is 14.4 Å². The fourth-order valence-electron chi connectivity index (χ4n) is 2.33. The van der Waals surface area contributed by atoms with Crippen molar-refractivity contribution in [2.24, 2.45) is 0 Å². The third-order valence-corrected chi connectivity index (χ3v) is 3.38. The summed E-state index contributed by atoms with van der Waals surface area (Å²) in [5, 5.41) is 13.4. The summed E-state index contributed by atoms with van der Waals surface area (Å²) < 4.78 is 5.20. The Balaban J connectivity index is 1.78. The van der Waals surface area contributed by atoms with E-state index in [0.717, 1.165) is 18.4 Å². The molecule has 1 unspecified atom stereocenters. The minimum atomic E-state index is -0.445. The van der Waals surface area contributed by atoms with E-state index in [2.05, 4.69) is 10.1 Å². The number of likely N-dealkylation sites (tertiary alicyclic amines) is 1. The molecule has 1 saturated heterocycles. The normalized spacial score (nSPS) is 19.1. The number of pyridine rings is 1. The van der Waals surface area contributed by atoms with Gasteiger partial charge in [-0.1, -0.05) is 5.16 Å². The predicted octanol–water partition coefficient (Wildman–Crippen LogP) is 1.33. The Labute approximate surface area is 116 Å². The molecule has 1 aliphatic rings. The summed E-state index contributed by atoms with van der Waals surface area (Å²) >= 11 is 0. The lowest BCUT2D eigenvalue weighted by Gasteiger charge is -2.29. The Morgan fingerprint density at radius 1 is 1.40 bits per heavy atom. The maximum Gasteiger partial charge on any atom is 0.276 e. The number of piperidine rings is 1. The molecule has 1 N–H and O–H groups in total. The summed E-state index contributed by atoms with van der Waals surface area (Å²) in [5.74, 6) is 0.334. The molecule has 6 nitrogen and oxygen atoms in total. The van der Waals surface area contributed by atoms with Crippen LogP contribution in [-0.2, 0) is 0 Å². The van der Waals surface area contributed by atoms with Crippen molar-refractivity contribution in [3.8, 4) is 11.3 Å². The number of aromatic nitrogens is 2. The molecule has 1 atom stereocenters.